The lowest BCUT2D eigenvalue weighted by atomic mass is 10.2. The van der Waals surface area contributed by atoms with Crippen LogP contribution in [-0.4, -0.2) is 60.7 Å². The number of anilines is 2. The van der Waals surface area contributed by atoms with E-state index >= 15 is 0 Å². The molecule has 2 amide bonds. The van der Waals surface area contributed by atoms with E-state index in [1.54, 1.807) is 17.0 Å². The fourth-order valence-electron chi connectivity index (χ4n) is 2.79. The number of rotatable bonds is 4. The van der Waals surface area contributed by atoms with E-state index in [1.807, 2.05) is 11.9 Å². The molecule has 0 aromatic heterocycles. The molecule has 2 saturated heterocycles. The van der Waals surface area contributed by atoms with Crippen molar-refractivity contribution in [2.45, 2.75) is 6.10 Å². The van der Waals surface area contributed by atoms with Crippen molar-refractivity contribution in [2.24, 2.45) is 0 Å². The first-order valence-corrected chi connectivity index (χ1v) is 8.49. The van der Waals surface area contributed by atoms with Gasteiger partial charge in [-0.25, -0.2) is 9.18 Å². The SMILES string of the molecule is CN1CCN(c2ccc(N3CC(CNC(=O)S)OC3=O)cc2F)C1=S. The monoisotopic (exact) mass is 384 g/mol. The van der Waals surface area contributed by atoms with Crippen molar-refractivity contribution in [1.29, 1.82) is 0 Å². The van der Waals surface area contributed by atoms with Gasteiger partial charge >= 0.3 is 6.09 Å². The Morgan fingerprint density at radius 1 is 1.44 bits per heavy atom. The molecule has 1 unspecified atom stereocenters. The Bertz CT molecular complexity index is 733. The Morgan fingerprint density at radius 3 is 2.80 bits per heavy atom. The number of ether oxygens (including phenoxy) is 1. The standard InChI is InChI=1S/C15H17FN4O3S2/c1-18-4-5-19(14(18)25)12-3-2-9(6-11(12)16)20-8-10(23-15(20)22)7-17-13(21)24/h2-3,6,10H,4-5,7-8H2,1H3,(H2,17,21,24). The van der Waals surface area contributed by atoms with Crippen LogP contribution in [0.4, 0.5) is 25.4 Å². The molecule has 1 N–H and O–H groups in total. The molecule has 0 aliphatic carbocycles. The minimum atomic E-state index is -0.581. The van der Waals surface area contributed by atoms with Gasteiger partial charge in [-0.2, -0.15) is 0 Å². The molecule has 0 spiro atoms. The number of benzene rings is 1. The van der Waals surface area contributed by atoms with E-state index in [4.69, 9.17) is 17.0 Å². The van der Waals surface area contributed by atoms with E-state index in [-0.39, 0.29) is 13.1 Å². The molecule has 2 fully saturated rings. The van der Waals surface area contributed by atoms with Crippen molar-refractivity contribution < 1.29 is 18.7 Å². The highest BCUT2D eigenvalue weighted by atomic mass is 32.1. The molecule has 2 aliphatic rings. The van der Waals surface area contributed by atoms with Crippen molar-refractivity contribution in [3.05, 3.63) is 24.0 Å². The minimum absolute atomic E-state index is 0.152. The summed E-state index contributed by atoms with van der Waals surface area (Å²) in [4.78, 5) is 27.7. The van der Waals surface area contributed by atoms with E-state index < -0.39 is 23.3 Å². The Balaban J connectivity index is 1.73. The molecule has 0 saturated carbocycles. The number of nitrogens with zero attached hydrogens (tertiary/aromatic N) is 3. The normalized spacial score (nSPS) is 20.3. The average molecular weight is 384 g/mol. The third kappa shape index (κ3) is 3.64. The molecule has 1 aromatic rings. The lowest BCUT2D eigenvalue weighted by molar-refractivity contribution is 0.141. The third-order valence-corrected chi connectivity index (χ3v) is 4.80. The molecule has 2 heterocycles. The zero-order chi connectivity index (χ0) is 18.1. The smallest absolute Gasteiger partial charge is 0.414 e. The quantitative estimate of drug-likeness (QED) is 0.610. The van der Waals surface area contributed by atoms with Crippen LogP contribution < -0.4 is 15.1 Å². The largest absolute Gasteiger partial charge is 0.442 e. The molecule has 25 heavy (non-hydrogen) atoms. The summed E-state index contributed by atoms with van der Waals surface area (Å²) in [5.74, 6) is -0.463. The van der Waals surface area contributed by atoms with Gasteiger partial charge in [0.2, 0.25) is 0 Å². The number of carbonyl (C=O) groups excluding carboxylic acids is 2. The lowest BCUT2D eigenvalue weighted by Crippen LogP contribution is -2.32. The highest BCUT2D eigenvalue weighted by molar-refractivity contribution is 7.96. The fourth-order valence-corrected chi connectivity index (χ4v) is 3.17. The summed E-state index contributed by atoms with van der Waals surface area (Å²) < 4.78 is 19.7. The summed E-state index contributed by atoms with van der Waals surface area (Å²) in [7, 11) is 1.86. The predicted molar refractivity (Wildman–Crippen MR) is 99.0 cm³/mol. The van der Waals surface area contributed by atoms with Crippen LogP contribution in [-0.2, 0) is 4.74 Å². The second kappa shape index (κ2) is 7.04. The second-order valence-electron chi connectivity index (χ2n) is 5.79. The number of halogens is 1. The molecule has 0 bridgehead atoms. The zero-order valence-corrected chi connectivity index (χ0v) is 15.1. The van der Waals surface area contributed by atoms with Crippen molar-refractivity contribution in [1.82, 2.24) is 10.2 Å². The Hall–Kier alpha value is -2.07. The average Bonchev–Trinajstić information content (AvgIpc) is 3.09. The topological polar surface area (TPSA) is 65.1 Å². The number of thiocarbonyl (C=S) groups is 1. The van der Waals surface area contributed by atoms with E-state index in [0.717, 1.165) is 6.54 Å². The van der Waals surface area contributed by atoms with Gasteiger partial charge < -0.3 is 19.9 Å². The predicted octanol–water partition coefficient (Wildman–Crippen LogP) is 1.83. The highest BCUT2D eigenvalue weighted by Crippen LogP contribution is 2.29. The Morgan fingerprint density at radius 2 is 2.20 bits per heavy atom. The first kappa shape index (κ1) is 17.7. The number of thiol groups is 1. The number of cyclic esters (lactones) is 1. The van der Waals surface area contributed by atoms with E-state index in [0.29, 0.717) is 23.0 Å². The first-order valence-electron chi connectivity index (χ1n) is 7.64. The van der Waals surface area contributed by atoms with Gasteiger partial charge in [0.1, 0.15) is 11.9 Å². The maximum Gasteiger partial charge on any atom is 0.414 e. The summed E-state index contributed by atoms with van der Waals surface area (Å²) in [6, 6.07) is 4.55. The van der Waals surface area contributed by atoms with Crippen molar-refractivity contribution in [2.75, 3.05) is 43.0 Å². The van der Waals surface area contributed by atoms with Gasteiger partial charge in [-0.05, 0) is 30.4 Å². The summed E-state index contributed by atoms with van der Waals surface area (Å²) in [5.41, 5.74) is 0.772. The van der Waals surface area contributed by atoms with Crippen LogP contribution in [0.25, 0.3) is 0 Å². The van der Waals surface area contributed by atoms with Crippen molar-refractivity contribution in [3.8, 4) is 0 Å². The minimum Gasteiger partial charge on any atom is -0.442 e. The molecule has 7 nitrogen and oxygen atoms in total. The second-order valence-corrected chi connectivity index (χ2v) is 6.57. The Labute approximate surface area is 155 Å². The number of hydrogen-bond acceptors (Lipinski definition) is 4. The number of likely N-dealkylation sites (N-methyl/N-ethyl adjacent to an activating group) is 1. The summed E-state index contributed by atoms with van der Waals surface area (Å²) in [6.45, 7) is 1.72. The molecule has 10 heteroatoms. The molecule has 134 valence electrons. The molecule has 3 rings (SSSR count). The van der Waals surface area contributed by atoms with Crippen LogP contribution in [0.2, 0.25) is 0 Å². The molecular formula is C15H17FN4O3S2. The highest BCUT2D eigenvalue weighted by Gasteiger charge is 2.33. The summed E-state index contributed by atoms with van der Waals surface area (Å²) in [6.07, 6.45) is -1.09. The maximum absolute atomic E-state index is 14.6. The number of amides is 2. The number of carbonyl (C=O) groups is 2. The van der Waals surface area contributed by atoms with Gasteiger partial charge in [0.25, 0.3) is 5.24 Å². The first-order chi connectivity index (χ1) is 11.9. The van der Waals surface area contributed by atoms with Crippen LogP contribution in [0.1, 0.15) is 0 Å². The third-order valence-electron chi connectivity index (χ3n) is 4.11. The molecule has 0 radical (unpaired) electrons. The van der Waals surface area contributed by atoms with Gasteiger partial charge in [0, 0.05) is 20.1 Å². The van der Waals surface area contributed by atoms with E-state index in [2.05, 4.69) is 17.9 Å². The maximum atomic E-state index is 14.6. The summed E-state index contributed by atoms with van der Waals surface area (Å²) >= 11 is 8.88. The van der Waals surface area contributed by atoms with Crippen LogP contribution in [0.3, 0.4) is 0 Å². The van der Waals surface area contributed by atoms with Crippen molar-refractivity contribution >= 4 is 52.7 Å². The fraction of sp³-hybridized carbons (Fsp3) is 0.400. The van der Waals surface area contributed by atoms with Crippen LogP contribution in [0, 0.1) is 5.82 Å². The molecule has 1 atom stereocenters. The van der Waals surface area contributed by atoms with Gasteiger partial charge in [-0.15, -0.1) is 0 Å². The molecule has 2 aliphatic heterocycles. The van der Waals surface area contributed by atoms with E-state index in [9.17, 15) is 14.0 Å². The van der Waals surface area contributed by atoms with E-state index in [1.165, 1.54) is 11.0 Å². The lowest BCUT2D eigenvalue weighted by Gasteiger charge is -2.21. The number of nitrogens with one attached hydrogen (secondary N) is 1. The van der Waals surface area contributed by atoms with Crippen LogP contribution >= 0.6 is 24.8 Å². The zero-order valence-electron chi connectivity index (χ0n) is 13.4. The van der Waals surface area contributed by atoms with Gasteiger partial charge in [0.05, 0.1) is 24.5 Å². The van der Waals surface area contributed by atoms with Gasteiger partial charge in [0.15, 0.2) is 5.11 Å². The van der Waals surface area contributed by atoms with Crippen molar-refractivity contribution in [3.63, 3.8) is 0 Å². The molecule has 1 aromatic carbocycles. The Kier molecular flexibility index (Phi) is 5.00. The van der Waals surface area contributed by atoms with Gasteiger partial charge in [-0.1, -0.05) is 12.6 Å². The van der Waals surface area contributed by atoms with Gasteiger partial charge in [-0.3, -0.25) is 9.69 Å². The number of hydrogen-bond donors (Lipinski definition) is 2. The summed E-state index contributed by atoms with van der Waals surface area (Å²) in [5, 5.41) is 2.53. The molecular weight excluding hydrogens is 367 g/mol. The van der Waals surface area contributed by atoms with Crippen LogP contribution in [0.5, 0.6) is 0 Å². The van der Waals surface area contributed by atoms with Crippen LogP contribution in [0.15, 0.2) is 18.2 Å².